The van der Waals surface area contributed by atoms with E-state index >= 15 is 0 Å². The molecule has 0 aromatic heterocycles. The number of amides is 4. The number of hydrogen-bond acceptors (Lipinski definition) is 14. The number of nitrogens with zero attached hydrogens (tertiary/aromatic N) is 8. The minimum absolute atomic E-state index is 0.00669. The molecule has 3 heterocycles. The molecule has 0 saturated carbocycles. The Morgan fingerprint density at radius 2 is 1.23 bits per heavy atom. The number of carbonyl (C=O) groups is 5. The quantitative estimate of drug-likeness (QED) is 0.0983. The van der Waals surface area contributed by atoms with Crippen molar-refractivity contribution in [2.75, 3.05) is 31.3 Å². The lowest BCUT2D eigenvalue weighted by atomic mass is 9.76. The number of anilines is 3. The topological polar surface area (TPSA) is 210 Å². The van der Waals surface area contributed by atoms with Gasteiger partial charge in [-0.3, -0.25) is 33.8 Å². The van der Waals surface area contributed by atoms with Crippen LogP contribution in [0.5, 0.6) is 5.75 Å². The number of imide groups is 2. The van der Waals surface area contributed by atoms with Crippen LogP contribution in [0.15, 0.2) is 187 Å². The number of fused-ring (bicyclic) bond motifs is 3. The SMILES string of the molecule is CN1C(=O)c2cccc3c(O)c(N=Nc4ccc(N=Nc5ccc(Nc6ccc(N=NC7=CC8=C9C(=CC=CC9C(=O)N(C)C8=O)C7=O)c7ccccc67)c6c5NCCC6)c5ccccc45)cc(c23)C1=O. The average molecular weight is 935 g/mol. The van der Waals surface area contributed by atoms with Crippen LogP contribution in [0, 0.1) is 5.92 Å². The Labute approximate surface area is 403 Å². The van der Waals surface area contributed by atoms with E-state index < -0.39 is 29.4 Å². The van der Waals surface area contributed by atoms with Crippen molar-refractivity contribution in [1.82, 2.24) is 9.80 Å². The highest BCUT2D eigenvalue weighted by molar-refractivity contribution is 6.27. The molecule has 0 bridgehead atoms. The van der Waals surface area contributed by atoms with Crippen LogP contribution in [0.4, 0.5) is 45.5 Å². The average Bonchev–Trinajstić information content (AvgIpc) is 3.40. The van der Waals surface area contributed by atoms with E-state index in [1.54, 1.807) is 42.5 Å². The highest BCUT2D eigenvalue weighted by Gasteiger charge is 2.43. The molecule has 0 fully saturated rings. The highest BCUT2D eigenvalue weighted by Crippen LogP contribution is 2.46. The molecule has 1 atom stereocenters. The van der Waals surface area contributed by atoms with Gasteiger partial charge in [0.25, 0.3) is 17.7 Å². The number of phenols is 1. The fraction of sp³-hybridized carbons (Fsp3) is 0.109. The van der Waals surface area contributed by atoms with E-state index in [0.29, 0.717) is 44.7 Å². The second-order valence-electron chi connectivity index (χ2n) is 17.6. The summed E-state index contributed by atoms with van der Waals surface area (Å²) in [6.45, 7) is 0.762. The van der Waals surface area contributed by atoms with Crippen molar-refractivity contribution in [3.63, 3.8) is 0 Å². The summed E-state index contributed by atoms with van der Waals surface area (Å²) in [6, 6.07) is 33.0. The Morgan fingerprint density at radius 1 is 0.620 bits per heavy atom. The van der Waals surface area contributed by atoms with Crippen molar-refractivity contribution in [1.29, 1.82) is 0 Å². The fourth-order valence-electron chi connectivity index (χ4n) is 9.98. The monoisotopic (exact) mass is 934 g/mol. The first-order valence-electron chi connectivity index (χ1n) is 22.8. The zero-order valence-corrected chi connectivity index (χ0v) is 38.0. The maximum atomic E-state index is 13.6. The number of likely N-dealkylation sites (N-methyl/N-ethyl adjacent to an activating group) is 1. The Bertz CT molecular complexity index is 3860. The van der Waals surface area contributed by atoms with Crippen molar-refractivity contribution in [3.05, 3.63) is 173 Å². The summed E-state index contributed by atoms with van der Waals surface area (Å²) in [5.74, 6) is -3.08. The molecule has 0 saturated heterocycles. The number of carbonyl (C=O) groups excluding carboxylic acids is 5. The van der Waals surface area contributed by atoms with Gasteiger partial charge in [-0.2, -0.15) is 0 Å². The van der Waals surface area contributed by atoms with E-state index in [4.69, 9.17) is 10.2 Å². The van der Waals surface area contributed by atoms with Crippen LogP contribution >= 0.6 is 0 Å². The first-order valence-corrected chi connectivity index (χ1v) is 22.8. The number of phenolic OH excluding ortho intramolecular Hbond substituents is 1. The molecule has 0 radical (unpaired) electrons. The summed E-state index contributed by atoms with van der Waals surface area (Å²) < 4.78 is 0. The number of aromatic hydroxyl groups is 1. The third-order valence-electron chi connectivity index (χ3n) is 13.6. The smallest absolute Gasteiger partial charge is 0.261 e. The van der Waals surface area contributed by atoms with Gasteiger partial charge in [0.1, 0.15) is 17.1 Å². The predicted molar refractivity (Wildman–Crippen MR) is 268 cm³/mol. The third kappa shape index (κ3) is 6.86. The summed E-state index contributed by atoms with van der Waals surface area (Å²) in [4.78, 5) is 67.8. The summed E-state index contributed by atoms with van der Waals surface area (Å²) in [6.07, 6.45) is 8.11. The Morgan fingerprint density at radius 3 is 1.97 bits per heavy atom. The summed E-state index contributed by atoms with van der Waals surface area (Å²) >= 11 is 0. The summed E-state index contributed by atoms with van der Waals surface area (Å²) in [5.41, 5.74) is 7.59. The van der Waals surface area contributed by atoms with Gasteiger partial charge in [-0.25, -0.2) is 0 Å². The molecular formula is C55H38N10O6. The molecule has 3 aliphatic heterocycles. The Kier molecular flexibility index (Phi) is 9.99. The molecule has 5 aliphatic rings. The minimum atomic E-state index is -0.702. The summed E-state index contributed by atoms with van der Waals surface area (Å²) in [7, 11) is 2.86. The molecule has 16 heteroatoms. The van der Waals surface area contributed by atoms with Crippen molar-refractivity contribution >= 4 is 107 Å². The lowest BCUT2D eigenvalue weighted by molar-refractivity contribution is -0.143. The van der Waals surface area contributed by atoms with Crippen LogP contribution in [0.25, 0.3) is 32.3 Å². The molecule has 344 valence electrons. The van der Waals surface area contributed by atoms with Crippen LogP contribution in [-0.2, 0) is 20.8 Å². The highest BCUT2D eigenvalue weighted by atomic mass is 16.3. The molecule has 3 N–H and O–H groups in total. The number of benzene rings is 7. The molecule has 71 heavy (non-hydrogen) atoms. The molecule has 12 rings (SSSR count). The lowest BCUT2D eigenvalue weighted by Gasteiger charge is -2.34. The van der Waals surface area contributed by atoms with E-state index in [1.807, 2.05) is 78.9 Å². The second kappa shape index (κ2) is 16.6. The number of azo groups is 3. The van der Waals surface area contributed by atoms with Crippen LogP contribution < -0.4 is 10.6 Å². The lowest BCUT2D eigenvalue weighted by Crippen LogP contribution is -2.45. The number of rotatable bonds is 8. The number of nitrogens with one attached hydrogen (secondary N) is 2. The van der Waals surface area contributed by atoms with E-state index in [1.165, 1.54) is 26.2 Å². The predicted octanol–water partition coefficient (Wildman–Crippen LogP) is 12.0. The van der Waals surface area contributed by atoms with Gasteiger partial charge >= 0.3 is 0 Å². The summed E-state index contributed by atoms with van der Waals surface area (Å²) in [5, 5.41) is 49.7. The van der Waals surface area contributed by atoms with Crippen molar-refractivity contribution in [2.24, 2.45) is 36.6 Å². The van der Waals surface area contributed by atoms with Gasteiger partial charge in [0.05, 0.1) is 34.2 Å². The van der Waals surface area contributed by atoms with Crippen molar-refractivity contribution in [2.45, 2.75) is 12.8 Å². The second-order valence-corrected chi connectivity index (χ2v) is 17.6. The molecule has 0 spiro atoms. The van der Waals surface area contributed by atoms with Crippen LogP contribution in [0.2, 0.25) is 0 Å². The van der Waals surface area contributed by atoms with E-state index in [9.17, 15) is 29.1 Å². The number of hydrogen-bond donors (Lipinski definition) is 3. The van der Waals surface area contributed by atoms with E-state index in [-0.39, 0.29) is 39.8 Å². The molecule has 7 aromatic carbocycles. The van der Waals surface area contributed by atoms with Gasteiger partial charge in [-0.15, -0.1) is 30.7 Å². The first kappa shape index (κ1) is 42.8. The normalized spacial score (nSPS) is 17.5. The van der Waals surface area contributed by atoms with Gasteiger partial charge in [0.2, 0.25) is 11.7 Å². The van der Waals surface area contributed by atoms with Crippen molar-refractivity contribution in [3.8, 4) is 5.75 Å². The molecule has 1 unspecified atom stereocenters. The van der Waals surface area contributed by atoms with Gasteiger partial charge in [-0.05, 0) is 73.0 Å². The van der Waals surface area contributed by atoms with Gasteiger partial charge in [0.15, 0.2) is 5.75 Å². The number of Topliss-reactive ketones (excluding diaryl/α,β-unsaturated/α-hetero) is 1. The molecule has 7 aromatic rings. The maximum absolute atomic E-state index is 13.6. The standard InChI is InChI=1S/C55H38N10O6/c1-64-52(68)35-16-7-14-33-47(35)37(54(64)70)26-45(50(33)66)62-59-41-21-19-39(28-10-3-4-11-29(28)41)57-40-20-24-44(49-32(40)18-9-25-56-49)61-58-42-22-23-43(31-13-6-5-12-30(31)42)60-63-46-27-38-48-34(51(46)67)15-8-17-36(48)53(69)65(2)55(38)71/h3-8,10-17,19-24,26-27,35,56-57,67H,9,18,25H2,1-2H3. The van der Waals surface area contributed by atoms with Crippen LogP contribution in [0.3, 0.4) is 0 Å². The molecule has 4 amide bonds. The van der Waals surface area contributed by atoms with Crippen LogP contribution in [-0.4, -0.2) is 65.0 Å². The zero-order valence-electron chi connectivity index (χ0n) is 38.0. The van der Waals surface area contributed by atoms with E-state index in [0.717, 1.165) is 73.4 Å². The van der Waals surface area contributed by atoms with Gasteiger partial charge in [-0.1, -0.05) is 78.9 Å². The fourth-order valence-corrected chi connectivity index (χ4v) is 9.98. The molecule has 2 aliphatic carbocycles. The first-order chi connectivity index (χ1) is 34.5. The Hall–Kier alpha value is -9.57. The van der Waals surface area contributed by atoms with Crippen molar-refractivity contribution < 1.29 is 29.1 Å². The van der Waals surface area contributed by atoms with Crippen LogP contribution in [0.1, 0.15) is 32.7 Å². The molecule has 16 nitrogen and oxygen atoms in total. The van der Waals surface area contributed by atoms with Gasteiger partial charge < -0.3 is 15.7 Å². The number of allylic oxidation sites excluding steroid dienone is 3. The number of ketones is 1. The third-order valence-corrected chi connectivity index (χ3v) is 13.6. The minimum Gasteiger partial charge on any atom is -0.505 e. The maximum Gasteiger partial charge on any atom is 0.261 e. The Balaban J connectivity index is 0.824. The zero-order chi connectivity index (χ0) is 48.7. The largest absolute Gasteiger partial charge is 0.505 e. The van der Waals surface area contributed by atoms with Gasteiger partial charge in [0, 0.05) is 86.6 Å². The van der Waals surface area contributed by atoms with E-state index in [2.05, 4.69) is 31.1 Å². The molecular weight excluding hydrogens is 897 g/mol.